The van der Waals surface area contributed by atoms with E-state index in [-0.39, 0.29) is 24.5 Å². The van der Waals surface area contributed by atoms with Crippen LogP contribution in [0.3, 0.4) is 0 Å². The SMILES string of the molecule is COC(=O)c1cc(OCC(=O)Nc2ccc(OCC(=O)OC(C)(C)C)cc2)c2c(Cl)cc(Cl)cc2c1. The highest BCUT2D eigenvalue weighted by Gasteiger charge is 2.17. The summed E-state index contributed by atoms with van der Waals surface area (Å²) in [6, 6.07) is 12.7. The third kappa shape index (κ3) is 7.50. The van der Waals surface area contributed by atoms with E-state index in [9.17, 15) is 14.4 Å². The van der Waals surface area contributed by atoms with Gasteiger partial charge in [-0.05, 0) is 74.7 Å². The van der Waals surface area contributed by atoms with Gasteiger partial charge in [0.25, 0.3) is 5.91 Å². The predicted molar refractivity (Wildman–Crippen MR) is 137 cm³/mol. The lowest BCUT2D eigenvalue weighted by Crippen LogP contribution is -2.27. The zero-order chi connectivity index (χ0) is 26.5. The van der Waals surface area contributed by atoms with Crippen molar-refractivity contribution in [2.24, 2.45) is 0 Å². The molecule has 190 valence electrons. The third-order valence-electron chi connectivity index (χ3n) is 4.62. The maximum Gasteiger partial charge on any atom is 0.344 e. The first-order chi connectivity index (χ1) is 16.9. The molecule has 0 aliphatic carbocycles. The summed E-state index contributed by atoms with van der Waals surface area (Å²) in [5.74, 6) is -0.830. The fourth-order valence-corrected chi connectivity index (χ4v) is 3.83. The maximum atomic E-state index is 12.5. The Morgan fingerprint density at radius 3 is 2.25 bits per heavy atom. The van der Waals surface area contributed by atoms with Crippen molar-refractivity contribution in [2.45, 2.75) is 26.4 Å². The van der Waals surface area contributed by atoms with Gasteiger partial charge in [0.2, 0.25) is 0 Å². The van der Waals surface area contributed by atoms with Crippen LogP contribution in [0.4, 0.5) is 5.69 Å². The highest BCUT2D eigenvalue weighted by molar-refractivity contribution is 6.39. The van der Waals surface area contributed by atoms with Gasteiger partial charge >= 0.3 is 11.9 Å². The number of halogens is 2. The molecule has 1 N–H and O–H groups in total. The lowest BCUT2D eigenvalue weighted by Gasteiger charge is -2.19. The third-order valence-corrected chi connectivity index (χ3v) is 5.14. The van der Waals surface area contributed by atoms with Crippen LogP contribution < -0.4 is 14.8 Å². The number of hydrogen-bond donors (Lipinski definition) is 1. The standard InChI is InChI=1S/C26H25Cl2NO7/c1-26(2,3)36-23(31)14-34-19-7-5-18(6-8-19)29-22(30)13-35-21-11-16(25(32)33-4)9-15-10-17(27)12-20(28)24(15)21/h5-12H,13-14H2,1-4H3,(H,29,30). The van der Waals surface area contributed by atoms with Crippen LogP contribution in [0.25, 0.3) is 10.8 Å². The summed E-state index contributed by atoms with van der Waals surface area (Å²) in [6.45, 7) is 4.73. The van der Waals surface area contributed by atoms with Crippen molar-refractivity contribution < 1.29 is 33.3 Å². The van der Waals surface area contributed by atoms with Gasteiger partial charge in [0, 0.05) is 16.1 Å². The fraction of sp³-hybridized carbons (Fsp3) is 0.269. The van der Waals surface area contributed by atoms with E-state index < -0.39 is 23.4 Å². The Balaban J connectivity index is 1.64. The molecule has 0 heterocycles. The normalized spacial score (nSPS) is 11.1. The molecule has 0 saturated heterocycles. The summed E-state index contributed by atoms with van der Waals surface area (Å²) < 4.78 is 21.1. The molecule has 36 heavy (non-hydrogen) atoms. The second-order valence-corrected chi connectivity index (χ2v) is 9.53. The maximum absolute atomic E-state index is 12.5. The van der Waals surface area contributed by atoms with Crippen LogP contribution in [0.15, 0.2) is 48.5 Å². The molecule has 0 unspecified atom stereocenters. The summed E-state index contributed by atoms with van der Waals surface area (Å²) >= 11 is 12.4. The lowest BCUT2D eigenvalue weighted by atomic mass is 10.1. The van der Waals surface area contributed by atoms with Crippen LogP contribution in [0.2, 0.25) is 10.0 Å². The van der Waals surface area contributed by atoms with Crippen molar-refractivity contribution in [1.29, 1.82) is 0 Å². The van der Waals surface area contributed by atoms with Gasteiger partial charge in [-0.2, -0.15) is 0 Å². The van der Waals surface area contributed by atoms with Crippen LogP contribution in [0.5, 0.6) is 11.5 Å². The Morgan fingerprint density at radius 2 is 1.61 bits per heavy atom. The number of ether oxygens (including phenoxy) is 4. The number of methoxy groups -OCH3 is 1. The van der Waals surface area contributed by atoms with Gasteiger partial charge in [0.1, 0.15) is 17.1 Å². The van der Waals surface area contributed by atoms with E-state index in [2.05, 4.69) is 5.32 Å². The number of amides is 1. The average molecular weight is 534 g/mol. The molecule has 0 fully saturated rings. The highest BCUT2D eigenvalue weighted by atomic mass is 35.5. The van der Waals surface area contributed by atoms with E-state index >= 15 is 0 Å². The Morgan fingerprint density at radius 1 is 0.917 bits per heavy atom. The summed E-state index contributed by atoms with van der Waals surface area (Å²) in [7, 11) is 1.26. The van der Waals surface area contributed by atoms with Crippen LogP contribution in [0.1, 0.15) is 31.1 Å². The molecule has 10 heteroatoms. The molecular formula is C26H25Cl2NO7. The molecule has 1 amide bonds. The quantitative estimate of drug-likeness (QED) is 0.372. The summed E-state index contributed by atoms with van der Waals surface area (Å²) in [4.78, 5) is 36.3. The minimum Gasteiger partial charge on any atom is -0.483 e. The van der Waals surface area contributed by atoms with Crippen molar-refractivity contribution in [3.63, 3.8) is 0 Å². The number of hydrogen-bond acceptors (Lipinski definition) is 7. The highest BCUT2D eigenvalue weighted by Crippen LogP contribution is 2.36. The largest absolute Gasteiger partial charge is 0.483 e. The molecule has 3 aromatic carbocycles. The van der Waals surface area contributed by atoms with Crippen molar-refractivity contribution >= 4 is 57.5 Å². The first-order valence-corrected chi connectivity index (χ1v) is 11.6. The Hall–Kier alpha value is -3.49. The molecule has 0 spiro atoms. The van der Waals surface area contributed by atoms with E-state index in [4.69, 9.17) is 42.1 Å². The average Bonchev–Trinajstić information content (AvgIpc) is 2.79. The number of carbonyl (C=O) groups is 3. The van der Waals surface area contributed by atoms with Gasteiger partial charge in [0.15, 0.2) is 13.2 Å². The van der Waals surface area contributed by atoms with Crippen molar-refractivity contribution in [2.75, 3.05) is 25.6 Å². The molecule has 8 nitrogen and oxygen atoms in total. The number of fused-ring (bicyclic) bond motifs is 1. The van der Waals surface area contributed by atoms with Crippen LogP contribution in [0, 0.1) is 0 Å². The van der Waals surface area contributed by atoms with Gasteiger partial charge in [-0.1, -0.05) is 23.2 Å². The topological polar surface area (TPSA) is 100 Å². The Labute approximate surface area is 218 Å². The minimum absolute atomic E-state index is 0.223. The molecule has 0 aromatic heterocycles. The number of benzene rings is 3. The van der Waals surface area contributed by atoms with Crippen molar-refractivity contribution in [1.82, 2.24) is 0 Å². The molecule has 0 bridgehead atoms. The van der Waals surface area contributed by atoms with Crippen LogP contribution in [-0.4, -0.2) is 43.8 Å². The second-order valence-electron chi connectivity index (χ2n) is 8.69. The summed E-state index contributed by atoms with van der Waals surface area (Å²) in [6.07, 6.45) is 0. The van der Waals surface area contributed by atoms with Crippen LogP contribution >= 0.6 is 23.2 Å². The zero-order valence-corrected chi connectivity index (χ0v) is 21.7. The van der Waals surface area contributed by atoms with Gasteiger partial charge in [0.05, 0.1) is 17.7 Å². The first kappa shape index (κ1) is 27.1. The monoisotopic (exact) mass is 533 g/mol. The minimum atomic E-state index is -0.595. The van der Waals surface area contributed by atoms with Crippen LogP contribution in [-0.2, 0) is 19.1 Å². The predicted octanol–water partition coefficient (Wildman–Crippen LogP) is 5.67. The molecule has 0 saturated carbocycles. The zero-order valence-electron chi connectivity index (χ0n) is 20.1. The second kappa shape index (κ2) is 11.5. The summed E-state index contributed by atoms with van der Waals surface area (Å²) in [5, 5.41) is 4.47. The number of esters is 2. The van der Waals surface area contributed by atoms with Gasteiger partial charge < -0.3 is 24.3 Å². The van der Waals surface area contributed by atoms with Crippen molar-refractivity contribution in [3.05, 3.63) is 64.1 Å². The molecule has 0 aliphatic heterocycles. The first-order valence-electron chi connectivity index (χ1n) is 10.8. The van der Waals surface area contributed by atoms with E-state index in [0.29, 0.717) is 32.3 Å². The molecule has 0 atom stereocenters. The molecule has 3 aromatic rings. The van der Waals surface area contributed by atoms with E-state index in [1.807, 2.05) is 0 Å². The summed E-state index contributed by atoms with van der Waals surface area (Å²) in [5.41, 5.74) is 0.119. The number of carbonyl (C=O) groups excluding carboxylic acids is 3. The van der Waals surface area contributed by atoms with E-state index in [1.54, 1.807) is 63.2 Å². The number of nitrogens with one attached hydrogen (secondary N) is 1. The lowest BCUT2D eigenvalue weighted by molar-refractivity contribution is -0.157. The van der Waals surface area contributed by atoms with Gasteiger partial charge in [-0.25, -0.2) is 9.59 Å². The van der Waals surface area contributed by atoms with E-state index in [1.165, 1.54) is 13.2 Å². The van der Waals surface area contributed by atoms with Gasteiger partial charge in [-0.3, -0.25) is 4.79 Å². The molecular weight excluding hydrogens is 509 g/mol. The molecule has 3 rings (SSSR count). The fourth-order valence-electron chi connectivity index (χ4n) is 3.23. The molecule has 0 radical (unpaired) electrons. The number of anilines is 1. The number of rotatable bonds is 8. The molecule has 0 aliphatic rings. The Bertz CT molecular complexity index is 1280. The Kier molecular flexibility index (Phi) is 8.66. The smallest absolute Gasteiger partial charge is 0.344 e. The van der Waals surface area contributed by atoms with Gasteiger partial charge in [-0.15, -0.1) is 0 Å². The van der Waals surface area contributed by atoms with E-state index in [0.717, 1.165) is 0 Å². The van der Waals surface area contributed by atoms with Crippen molar-refractivity contribution in [3.8, 4) is 11.5 Å².